The van der Waals surface area contributed by atoms with Crippen molar-refractivity contribution in [2.24, 2.45) is 0 Å². The van der Waals surface area contributed by atoms with Gasteiger partial charge >= 0.3 is 0 Å². The van der Waals surface area contributed by atoms with Gasteiger partial charge in [-0.15, -0.1) is 0 Å². The van der Waals surface area contributed by atoms with Crippen LogP contribution in [-0.2, 0) is 21.2 Å². The average molecular weight is 534 g/mol. The molecule has 5 rings (SSSR count). The van der Waals surface area contributed by atoms with E-state index < -0.39 is 21.7 Å². The van der Waals surface area contributed by atoms with Crippen molar-refractivity contribution >= 4 is 21.8 Å². The molecule has 0 radical (unpaired) electrons. The summed E-state index contributed by atoms with van der Waals surface area (Å²) in [7, 11) is -3.24. The van der Waals surface area contributed by atoms with Gasteiger partial charge in [0.15, 0.2) is 9.84 Å². The van der Waals surface area contributed by atoms with Crippen LogP contribution in [0.1, 0.15) is 17.5 Å². The predicted molar refractivity (Wildman–Crippen MR) is 142 cm³/mol. The lowest BCUT2D eigenvalue weighted by Gasteiger charge is -2.27. The van der Waals surface area contributed by atoms with E-state index in [4.69, 9.17) is 0 Å². The van der Waals surface area contributed by atoms with E-state index in [2.05, 4.69) is 5.10 Å². The molecular weight excluding hydrogens is 508 g/mol. The predicted octanol–water partition coefficient (Wildman–Crippen LogP) is 5.05. The van der Waals surface area contributed by atoms with E-state index in [0.717, 1.165) is 5.69 Å². The zero-order valence-electron chi connectivity index (χ0n) is 20.4. The Morgan fingerprint density at radius 3 is 2.26 bits per heavy atom. The van der Waals surface area contributed by atoms with Crippen LogP contribution in [0.2, 0.25) is 0 Å². The highest BCUT2D eigenvalue weighted by Crippen LogP contribution is 2.26. The second-order valence-electron chi connectivity index (χ2n) is 9.20. The van der Waals surface area contributed by atoms with E-state index >= 15 is 0 Å². The van der Waals surface area contributed by atoms with Crippen LogP contribution in [0, 0.1) is 11.6 Å². The standard InChI is InChI=1S/C29H25F2N3O3S/c30-24-11-6-21(7-12-24)18-33(27-16-17-38(36,37)20-27)28(35)15-10-23-19-34(26-4-2-1-3-5-26)32-29(23)22-8-13-25(31)14-9-22/h1-15,19,27H,16-18,20H2/b15-10+. The van der Waals surface area contributed by atoms with Gasteiger partial charge in [-0.25, -0.2) is 21.9 Å². The summed E-state index contributed by atoms with van der Waals surface area (Å²) < 4.78 is 53.0. The van der Waals surface area contributed by atoms with Crippen molar-refractivity contribution in [3.05, 3.63) is 114 Å². The minimum atomic E-state index is -3.24. The summed E-state index contributed by atoms with van der Waals surface area (Å²) in [6.07, 6.45) is 5.15. The highest BCUT2D eigenvalue weighted by molar-refractivity contribution is 7.91. The zero-order chi connectivity index (χ0) is 26.7. The fourth-order valence-corrected chi connectivity index (χ4v) is 6.24. The van der Waals surface area contributed by atoms with Gasteiger partial charge in [-0.05, 0) is 66.6 Å². The Balaban J connectivity index is 1.48. The minimum absolute atomic E-state index is 0.0210. The first kappa shape index (κ1) is 25.5. The second-order valence-corrected chi connectivity index (χ2v) is 11.4. The molecule has 9 heteroatoms. The molecule has 1 fully saturated rings. The zero-order valence-corrected chi connectivity index (χ0v) is 21.2. The van der Waals surface area contributed by atoms with Gasteiger partial charge in [-0.3, -0.25) is 4.79 Å². The maximum atomic E-state index is 13.6. The van der Waals surface area contributed by atoms with E-state index in [1.54, 1.807) is 41.2 Å². The molecule has 0 N–H and O–H groups in total. The third-order valence-corrected chi connectivity index (χ3v) is 8.24. The molecule has 6 nitrogen and oxygen atoms in total. The number of hydrogen-bond acceptors (Lipinski definition) is 4. The van der Waals surface area contributed by atoms with Crippen LogP contribution in [0.5, 0.6) is 0 Å². The third-order valence-electron chi connectivity index (χ3n) is 6.48. The lowest BCUT2D eigenvalue weighted by atomic mass is 10.1. The maximum absolute atomic E-state index is 13.6. The lowest BCUT2D eigenvalue weighted by molar-refractivity contribution is -0.128. The van der Waals surface area contributed by atoms with Crippen molar-refractivity contribution in [1.82, 2.24) is 14.7 Å². The molecule has 1 atom stereocenters. The Morgan fingerprint density at radius 2 is 1.63 bits per heavy atom. The summed E-state index contributed by atoms with van der Waals surface area (Å²) in [6, 6.07) is 20.7. The van der Waals surface area contributed by atoms with Crippen LogP contribution >= 0.6 is 0 Å². The van der Waals surface area contributed by atoms with Crippen LogP contribution in [0.3, 0.4) is 0 Å². The van der Waals surface area contributed by atoms with Crippen molar-refractivity contribution in [3.8, 4) is 16.9 Å². The Kier molecular flexibility index (Phi) is 7.20. The number of amides is 1. The van der Waals surface area contributed by atoms with Crippen molar-refractivity contribution in [1.29, 1.82) is 0 Å². The Hall–Kier alpha value is -4.11. The van der Waals surface area contributed by atoms with E-state index in [0.29, 0.717) is 28.8 Å². The SMILES string of the molecule is O=C(/C=C/c1cn(-c2ccccc2)nc1-c1ccc(F)cc1)N(Cc1ccc(F)cc1)C1CCS(=O)(=O)C1. The molecule has 3 aromatic carbocycles. The third kappa shape index (κ3) is 5.89. The fraction of sp³-hybridized carbons (Fsp3) is 0.172. The number of benzene rings is 3. The van der Waals surface area contributed by atoms with E-state index in [1.165, 1.54) is 35.2 Å². The minimum Gasteiger partial charge on any atom is -0.331 e. The number of carbonyl (C=O) groups excluding carboxylic acids is 1. The smallest absolute Gasteiger partial charge is 0.247 e. The first-order valence-electron chi connectivity index (χ1n) is 12.1. The van der Waals surface area contributed by atoms with E-state index in [9.17, 15) is 22.0 Å². The van der Waals surface area contributed by atoms with Gasteiger partial charge in [0.25, 0.3) is 0 Å². The van der Waals surface area contributed by atoms with Crippen molar-refractivity contribution in [2.45, 2.75) is 19.0 Å². The molecule has 1 aliphatic rings. The number of nitrogens with zero attached hydrogens (tertiary/aromatic N) is 3. The van der Waals surface area contributed by atoms with Crippen LogP contribution in [0.15, 0.2) is 91.1 Å². The molecule has 0 bridgehead atoms. The number of carbonyl (C=O) groups is 1. The van der Waals surface area contributed by atoms with Crippen LogP contribution in [0.25, 0.3) is 23.0 Å². The average Bonchev–Trinajstić information content (AvgIpc) is 3.51. The second kappa shape index (κ2) is 10.7. The summed E-state index contributed by atoms with van der Waals surface area (Å²) in [4.78, 5) is 15.0. The summed E-state index contributed by atoms with van der Waals surface area (Å²) in [5.74, 6) is -1.22. The van der Waals surface area contributed by atoms with Gasteiger partial charge in [0, 0.05) is 36.0 Å². The number of para-hydroxylation sites is 1. The van der Waals surface area contributed by atoms with E-state index in [-0.39, 0.29) is 29.8 Å². The molecule has 1 saturated heterocycles. The molecular formula is C29H25F2N3O3S. The highest BCUT2D eigenvalue weighted by Gasteiger charge is 2.34. The van der Waals surface area contributed by atoms with Crippen molar-refractivity contribution < 1.29 is 22.0 Å². The van der Waals surface area contributed by atoms with Gasteiger partial charge in [0.2, 0.25) is 5.91 Å². The molecule has 38 heavy (non-hydrogen) atoms. The largest absolute Gasteiger partial charge is 0.331 e. The first-order chi connectivity index (χ1) is 18.3. The maximum Gasteiger partial charge on any atom is 0.247 e. The first-order valence-corrected chi connectivity index (χ1v) is 13.9. The van der Waals surface area contributed by atoms with E-state index in [1.807, 2.05) is 30.3 Å². The number of aromatic nitrogens is 2. The molecule has 1 unspecified atom stereocenters. The van der Waals surface area contributed by atoms with Crippen molar-refractivity contribution in [2.75, 3.05) is 11.5 Å². The van der Waals surface area contributed by atoms with Gasteiger partial charge in [0.05, 0.1) is 22.9 Å². The lowest BCUT2D eigenvalue weighted by Crippen LogP contribution is -2.39. The summed E-state index contributed by atoms with van der Waals surface area (Å²) >= 11 is 0. The topological polar surface area (TPSA) is 72.3 Å². The molecule has 1 aromatic heterocycles. The van der Waals surface area contributed by atoms with Gasteiger partial charge in [-0.2, -0.15) is 5.10 Å². The summed E-state index contributed by atoms with van der Waals surface area (Å²) in [5, 5.41) is 4.68. The monoisotopic (exact) mass is 533 g/mol. The highest BCUT2D eigenvalue weighted by atomic mass is 32.2. The molecule has 0 aliphatic carbocycles. The quantitative estimate of drug-likeness (QED) is 0.312. The Bertz CT molecular complexity index is 1570. The number of hydrogen-bond donors (Lipinski definition) is 0. The van der Waals surface area contributed by atoms with Gasteiger partial charge in [0.1, 0.15) is 11.6 Å². The molecule has 1 aliphatic heterocycles. The number of rotatable bonds is 7. The summed E-state index contributed by atoms with van der Waals surface area (Å²) in [6.45, 7) is 0.151. The Morgan fingerprint density at radius 1 is 0.974 bits per heavy atom. The Labute approximate surface area is 219 Å². The molecule has 4 aromatic rings. The molecule has 1 amide bonds. The fourth-order valence-electron chi connectivity index (χ4n) is 4.51. The van der Waals surface area contributed by atoms with Crippen LogP contribution in [0.4, 0.5) is 8.78 Å². The van der Waals surface area contributed by atoms with Gasteiger partial charge in [-0.1, -0.05) is 30.3 Å². The van der Waals surface area contributed by atoms with Gasteiger partial charge < -0.3 is 4.90 Å². The molecule has 0 saturated carbocycles. The normalized spacial score (nSPS) is 16.6. The van der Waals surface area contributed by atoms with Crippen molar-refractivity contribution in [3.63, 3.8) is 0 Å². The number of sulfone groups is 1. The molecule has 0 spiro atoms. The summed E-state index contributed by atoms with van der Waals surface area (Å²) in [5.41, 5.74) is 3.39. The molecule has 194 valence electrons. The number of halogens is 2. The van der Waals surface area contributed by atoms with Crippen LogP contribution < -0.4 is 0 Å². The molecule has 2 heterocycles. The van der Waals surface area contributed by atoms with Crippen LogP contribution in [-0.4, -0.2) is 46.6 Å².